The highest BCUT2D eigenvalue weighted by atomic mass is 29.9. The van der Waals surface area contributed by atoms with Gasteiger partial charge in [0.2, 0.25) is 8.32 Å². The van der Waals surface area contributed by atoms with Gasteiger partial charge in [-0.1, -0.05) is 111 Å². The number of rotatable bonds is 11. The molecule has 0 aliphatic carbocycles. The van der Waals surface area contributed by atoms with E-state index in [1.54, 1.807) is 0 Å². The molecule has 0 spiro atoms. The number of hydrogen-bond acceptors (Lipinski definition) is 2. The molecule has 0 fully saturated rings. The Bertz CT molecular complexity index is 655. The second kappa shape index (κ2) is 9.36. The predicted molar refractivity (Wildman–Crippen MR) is 172 cm³/mol. The van der Waals surface area contributed by atoms with Crippen molar-refractivity contribution in [2.45, 2.75) is 118 Å². The fourth-order valence-electron chi connectivity index (χ4n) is 7.66. The standard InChI is InChI=1S/C22H58O2Si8/c1-21(23-25(3,4)5)31(26(6,7)8,27(9,10)11)24-22(2)32(28(12,13)14,29(15,16)17)30(18,19)20/h1-2H2,3-20H3. The van der Waals surface area contributed by atoms with Crippen LogP contribution in [0.5, 0.6) is 0 Å². The zero-order chi connectivity index (χ0) is 26.6. The van der Waals surface area contributed by atoms with E-state index in [0.29, 0.717) is 0 Å². The van der Waals surface area contributed by atoms with Crippen LogP contribution >= 0.6 is 0 Å². The Hall–Kier alpha value is 0.815. The molecule has 32 heavy (non-hydrogen) atoms. The highest BCUT2D eigenvalue weighted by molar-refractivity contribution is 7.91. The van der Waals surface area contributed by atoms with Crippen molar-refractivity contribution in [3.05, 3.63) is 23.9 Å². The van der Waals surface area contributed by atoms with E-state index in [0.717, 1.165) is 5.38 Å². The summed E-state index contributed by atoms with van der Waals surface area (Å²) < 4.78 is 14.5. The highest BCUT2D eigenvalue weighted by Gasteiger charge is 2.68. The molecule has 0 aromatic rings. The second-order valence-corrected chi connectivity index (χ2v) is 86.4. The Labute approximate surface area is 209 Å². The lowest BCUT2D eigenvalue weighted by Gasteiger charge is -2.60. The van der Waals surface area contributed by atoms with Gasteiger partial charge in [-0.05, 0) is 19.6 Å². The van der Waals surface area contributed by atoms with Crippen molar-refractivity contribution < 1.29 is 8.85 Å². The van der Waals surface area contributed by atoms with E-state index < -0.39 is 60.3 Å². The predicted octanol–water partition coefficient (Wildman–Crippen LogP) is 8.44. The van der Waals surface area contributed by atoms with Gasteiger partial charge in [-0.2, -0.15) is 0 Å². The van der Waals surface area contributed by atoms with Crippen LogP contribution in [0.25, 0.3) is 0 Å². The molecule has 0 radical (unpaired) electrons. The molecule has 0 saturated heterocycles. The molecule has 2 nitrogen and oxygen atoms in total. The molecule has 0 aromatic heterocycles. The van der Waals surface area contributed by atoms with Gasteiger partial charge in [0.15, 0.2) is 0 Å². The van der Waals surface area contributed by atoms with Crippen molar-refractivity contribution in [1.29, 1.82) is 0 Å². The van der Waals surface area contributed by atoms with Crippen molar-refractivity contribution >= 4 is 60.3 Å². The van der Waals surface area contributed by atoms with E-state index in [-0.39, 0.29) is 0 Å². The molecule has 0 saturated carbocycles. The maximum atomic E-state index is 7.75. The number of hydrogen-bond donors (Lipinski definition) is 0. The molecule has 0 aromatic carbocycles. The van der Waals surface area contributed by atoms with Crippen molar-refractivity contribution in [2.75, 3.05) is 0 Å². The summed E-state index contributed by atoms with van der Waals surface area (Å²) in [7, 11) is -12.4. The molecular formula is C22H58O2Si8. The van der Waals surface area contributed by atoms with Crippen molar-refractivity contribution in [2.24, 2.45) is 0 Å². The molecule has 0 unspecified atom stereocenters. The van der Waals surface area contributed by atoms with Crippen LogP contribution < -0.4 is 0 Å². The van der Waals surface area contributed by atoms with Crippen LogP contribution in [0.15, 0.2) is 23.9 Å². The van der Waals surface area contributed by atoms with Crippen molar-refractivity contribution in [3.8, 4) is 0 Å². The third kappa shape index (κ3) is 5.96. The van der Waals surface area contributed by atoms with E-state index in [4.69, 9.17) is 22.0 Å². The van der Waals surface area contributed by atoms with Gasteiger partial charge in [0.1, 0.15) is 6.63 Å². The molecule has 0 aliphatic heterocycles. The molecule has 10 heteroatoms. The lowest BCUT2D eigenvalue weighted by molar-refractivity contribution is 0.408. The van der Waals surface area contributed by atoms with Gasteiger partial charge in [-0.3, -0.25) is 0 Å². The van der Waals surface area contributed by atoms with E-state index in [2.05, 4.69) is 118 Å². The average molecular weight is 579 g/mol. The van der Waals surface area contributed by atoms with Crippen LogP contribution in [-0.4, -0.2) is 60.3 Å². The largest absolute Gasteiger partial charge is 0.550 e. The summed E-state index contributed by atoms with van der Waals surface area (Å²) in [5.74, 6) is 0. The Morgan fingerprint density at radius 3 is 0.875 bits per heavy atom. The molecule has 0 rings (SSSR count). The summed E-state index contributed by atoms with van der Waals surface area (Å²) in [5, 5.41) is 2.34. The van der Waals surface area contributed by atoms with Gasteiger partial charge in [0.25, 0.3) is 7.35 Å². The Balaban J connectivity index is 7.34. The summed E-state index contributed by atoms with van der Waals surface area (Å²) in [4.78, 5) is 0. The van der Waals surface area contributed by atoms with Gasteiger partial charge in [0, 0.05) is 28.2 Å². The smallest absolute Gasteiger partial charge is 0.280 e. The molecule has 0 heterocycles. The summed E-state index contributed by atoms with van der Waals surface area (Å²) in [5.41, 5.74) is 0. The third-order valence-corrected chi connectivity index (χ3v) is 113. The van der Waals surface area contributed by atoms with Gasteiger partial charge in [-0.15, -0.1) is 0 Å². The van der Waals surface area contributed by atoms with Gasteiger partial charge < -0.3 is 8.85 Å². The Kier molecular flexibility index (Phi) is 9.60. The molecular weight excluding hydrogens is 521 g/mol. The van der Waals surface area contributed by atoms with E-state index >= 15 is 0 Å². The summed E-state index contributed by atoms with van der Waals surface area (Å²) in [6.07, 6.45) is 0. The highest BCUT2D eigenvalue weighted by Crippen LogP contribution is 2.46. The topological polar surface area (TPSA) is 18.5 Å². The van der Waals surface area contributed by atoms with Gasteiger partial charge in [0.05, 0.1) is 20.6 Å². The summed E-state index contributed by atoms with van der Waals surface area (Å²) in [6, 6.07) is 0. The normalized spacial score (nSPS) is 15.4. The second-order valence-electron chi connectivity index (χ2n) is 15.8. The zero-order valence-electron chi connectivity index (χ0n) is 25.2. The van der Waals surface area contributed by atoms with E-state index in [9.17, 15) is 0 Å². The SMILES string of the molecule is C=C(O[Si](C)(C)C)[Si](OC(=C)[Si]([Si](C)(C)C)([Si](C)(C)C)[Si](C)(C)C)([Si](C)(C)C)[Si](C)(C)C. The van der Waals surface area contributed by atoms with Crippen LogP contribution in [-0.2, 0) is 8.85 Å². The van der Waals surface area contributed by atoms with Crippen molar-refractivity contribution in [3.63, 3.8) is 0 Å². The third-order valence-electron chi connectivity index (χ3n) is 7.00. The molecule has 0 atom stereocenters. The minimum absolute atomic E-state index is 1.06. The fraction of sp³-hybridized carbons (Fsp3) is 0.818. The average Bonchev–Trinajstić information content (AvgIpc) is 2.34. The maximum Gasteiger partial charge on any atom is 0.280 e. The first kappa shape index (κ1) is 32.8. The fourth-order valence-corrected chi connectivity index (χ4v) is 151. The molecule has 0 aliphatic rings. The van der Waals surface area contributed by atoms with Crippen LogP contribution in [0, 0.1) is 0 Å². The van der Waals surface area contributed by atoms with Crippen molar-refractivity contribution in [1.82, 2.24) is 0 Å². The minimum Gasteiger partial charge on any atom is -0.550 e. The van der Waals surface area contributed by atoms with E-state index in [1.807, 2.05) is 0 Å². The Morgan fingerprint density at radius 1 is 0.406 bits per heavy atom. The summed E-state index contributed by atoms with van der Waals surface area (Å²) >= 11 is 0. The minimum atomic E-state index is -2.42. The monoisotopic (exact) mass is 578 g/mol. The summed E-state index contributed by atoms with van der Waals surface area (Å²) in [6.45, 7) is 53.4. The maximum absolute atomic E-state index is 7.75. The van der Waals surface area contributed by atoms with Crippen LogP contribution in [0.4, 0.5) is 0 Å². The molecule has 0 bridgehead atoms. The molecule has 0 amide bonds. The van der Waals surface area contributed by atoms with Crippen LogP contribution in [0.3, 0.4) is 0 Å². The first-order valence-corrected chi connectivity index (χ1v) is 42.1. The molecule has 190 valence electrons. The van der Waals surface area contributed by atoms with Gasteiger partial charge in [-0.25, -0.2) is 0 Å². The van der Waals surface area contributed by atoms with Gasteiger partial charge >= 0.3 is 0 Å². The molecule has 0 N–H and O–H groups in total. The van der Waals surface area contributed by atoms with Crippen LogP contribution in [0.1, 0.15) is 0 Å². The van der Waals surface area contributed by atoms with Crippen LogP contribution in [0.2, 0.25) is 118 Å². The Morgan fingerprint density at radius 2 is 0.688 bits per heavy atom. The first-order chi connectivity index (χ1) is 13.5. The quantitative estimate of drug-likeness (QED) is 0.181. The lowest BCUT2D eigenvalue weighted by Crippen LogP contribution is -2.85. The first-order valence-electron chi connectivity index (χ1n) is 12.3. The van der Waals surface area contributed by atoms with E-state index in [1.165, 1.54) is 5.38 Å². The zero-order valence-corrected chi connectivity index (χ0v) is 33.2. The lowest BCUT2D eigenvalue weighted by atomic mass is 11.1.